The normalized spacial score (nSPS) is 11.4. The Hall–Kier alpha value is -3.02. The number of rotatable bonds is 5. The number of nitrogens with zero attached hydrogens (tertiary/aromatic N) is 1. The van der Waals surface area contributed by atoms with Crippen LogP contribution < -0.4 is 10.2 Å². The van der Waals surface area contributed by atoms with E-state index in [1.54, 1.807) is 31.2 Å². The van der Waals surface area contributed by atoms with Crippen LogP contribution in [0.1, 0.15) is 36.7 Å². The van der Waals surface area contributed by atoms with Crippen molar-refractivity contribution in [1.82, 2.24) is 5.43 Å². The minimum Gasteiger partial charge on any atom is -0.508 e. The maximum atomic E-state index is 12.1. The van der Waals surface area contributed by atoms with Crippen LogP contribution in [0, 0.1) is 0 Å². The van der Waals surface area contributed by atoms with Gasteiger partial charge in [-0.2, -0.15) is 5.10 Å². The van der Waals surface area contributed by atoms with E-state index in [1.807, 2.05) is 13.8 Å². The summed E-state index contributed by atoms with van der Waals surface area (Å²) in [7, 11) is 0. The zero-order valence-electron chi connectivity index (χ0n) is 13.8. The van der Waals surface area contributed by atoms with Gasteiger partial charge < -0.3 is 14.9 Å². The summed E-state index contributed by atoms with van der Waals surface area (Å²) >= 11 is 0. The molecule has 126 valence electrons. The molecule has 0 radical (unpaired) electrons. The smallest absolute Gasteiger partial charge is 0.271 e. The van der Waals surface area contributed by atoms with Crippen molar-refractivity contribution in [2.45, 2.75) is 26.9 Å². The van der Waals surface area contributed by atoms with Crippen molar-refractivity contribution in [3.05, 3.63) is 53.6 Å². The second kappa shape index (κ2) is 7.50. The molecule has 0 saturated heterocycles. The topological polar surface area (TPSA) is 91.2 Å². The van der Waals surface area contributed by atoms with Gasteiger partial charge in [-0.05, 0) is 57.2 Å². The van der Waals surface area contributed by atoms with Crippen molar-refractivity contribution < 1.29 is 19.7 Å². The van der Waals surface area contributed by atoms with Gasteiger partial charge in [-0.1, -0.05) is 0 Å². The number of hydrazone groups is 1. The first-order chi connectivity index (χ1) is 11.4. The molecule has 6 nitrogen and oxygen atoms in total. The van der Waals surface area contributed by atoms with Crippen molar-refractivity contribution in [3.63, 3.8) is 0 Å². The second-order valence-corrected chi connectivity index (χ2v) is 5.53. The van der Waals surface area contributed by atoms with Crippen molar-refractivity contribution in [2.24, 2.45) is 5.10 Å². The molecule has 1 amide bonds. The van der Waals surface area contributed by atoms with E-state index in [9.17, 15) is 15.0 Å². The molecule has 2 aromatic rings. The highest BCUT2D eigenvalue weighted by atomic mass is 16.5. The van der Waals surface area contributed by atoms with E-state index < -0.39 is 0 Å². The number of nitrogens with one attached hydrogen (secondary N) is 1. The number of ether oxygens (including phenoxy) is 1. The van der Waals surface area contributed by atoms with Crippen molar-refractivity contribution in [1.29, 1.82) is 0 Å². The quantitative estimate of drug-likeness (QED) is 0.581. The van der Waals surface area contributed by atoms with Gasteiger partial charge in [0.05, 0.1) is 11.8 Å². The predicted molar refractivity (Wildman–Crippen MR) is 91.7 cm³/mol. The summed E-state index contributed by atoms with van der Waals surface area (Å²) in [6.07, 6.45) is 0.0647. The standard InChI is InChI=1S/C18H20N2O4/c1-11(2)24-15-7-4-13(5-8-15)18(23)20-19-12(3)16-9-6-14(21)10-17(16)22/h4-11,21-22H,1-3H3,(H,20,23)/b19-12+. The Bertz CT molecular complexity index is 752. The molecule has 0 saturated carbocycles. The molecule has 0 fully saturated rings. The summed E-state index contributed by atoms with van der Waals surface area (Å²) < 4.78 is 5.52. The molecule has 0 bridgehead atoms. The number of carbonyl (C=O) groups excluding carboxylic acids is 1. The molecule has 6 heteroatoms. The lowest BCUT2D eigenvalue weighted by Gasteiger charge is -2.10. The van der Waals surface area contributed by atoms with Gasteiger partial charge in [0, 0.05) is 17.2 Å². The molecule has 0 aliphatic rings. The summed E-state index contributed by atoms with van der Waals surface area (Å²) in [6, 6.07) is 10.9. The Balaban J connectivity index is 2.06. The van der Waals surface area contributed by atoms with Crippen LogP contribution >= 0.6 is 0 Å². The minimum absolute atomic E-state index is 0.0446. The molecule has 0 spiro atoms. The monoisotopic (exact) mass is 328 g/mol. The second-order valence-electron chi connectivity index (χ2n) is 5.53. The van der Waals surface area contributed by atoms with Gasteiger partial charge in [0.2, 0.25) is 0 Å². The van der Waals surface area contributed by atoms with E-state index in [4.69, 9.17) is 4.74 Å². The number of hydrogen-bond acceptors (Lipinski definition) is 5. The number of benzene rings is 2. The number of hydrogen-bond donors (Lipinski definition) is 3. The lowest BCUT2D eigenvalue weighted by molar-refractivity contribution is 0.0954. The minimum atomic E-state index is -0.372. The molecule has 0 aliphatic heterocycles. The molecule has 0 aromatic heterocycles. The summed E-state index contributed by atoms with van der Waals surface area (Å²) in [6.45, 7) is 5.50. The molecule has 0 unspecified atom stereocenters. The first-order valence-electron chi connectivity index (χ1n) is 7.50. The maximum Gasteiger partial charge on any atom is 0.271 e. The van der Waals surface area contributed by atoms with Crippen LogP contribution in [0.5, 0.6) is 17.2 Å². The van der Waals surface area contributed by atoms with Gasteiger partial charge in [-0.3, -0.25) is 4.79 Å². The molecular weight excluding hydrogens is 308 g/mol. The Morgan fingerprint density at radius 1 is 1.12 bits per heavy atom. The summed E-state index contributed by atoms with van der Waals surface area (Å²) in [5.41, 5.74) is 3.72. The van der Waals surface area contributed by atoms with E-state index in [0.717, 1.165) is 0 Å². The Kier molecular flexibility index (Phi) is 5.42. The number of phenolic OH excluding ortho intramolecular Hbond substituents is 2. The van der Waals surface area contributed by atoms with Crippen LogP contribution in [0.2, 0.25) is 0 Å². The van der Waals surface area contributed by atoms with Gasteiger partial charge in [0.25, 0.3) is 5.91 Å². The average molecular weight is 328 g/mol. The van der Waals surface area contributed by atoms with Crippen LogP contribution in [0.25, 0.3) is 0 Å². The van der Waals surface area contributed by atoms with Gasteiger partial charge in [0.15, 0.2) is 0 Å². The summed E-state index contributed by atoms with van der Waals surface area (Å²) in [5, 5.41) is 23.0. The molecule has 2 aromatic carbocycles. The third kappa shape index (κ3) is 4.49. The molecule has 24 heavy (non-hydrogen) atoms. The third-order valence-corrected chi connectivity index (χ3v) is 3.18. The zero-order valence-corrected chi connectivity index (χ0v) is 13.8. The molecule has 0 atom stereocenters. The van der Waals surface area contributed by atoms with Gasteiger partial charge in [-0.25, -0.2) is 5.43 Å². The fourth-order valence-corrected chi connectivity index (χ4v) is 2.04. The number of phenols is 2. The number of amides is 1. The molecule has 2 rings (SSSR count). The van der Waals surface area contributed by atoms with E-state index >= 15 is 0 Å². The highest BCUT2D eigenvalue weighted by molar-refractivity contribution is 6.02. The Labute approximate surface area is 140 Å². The molecule has 0 heterocycles. The van der Waals surface area contributed by atoms with Crippen molar-refractivity contribution in [3.8, 4) is 17.2 Å². The number of carbonyl (C=O) groups is 1. The van der Waals surface area contributed by atoms with Crippen LogP contribution in [0.4, 0.5) is 0 Å². The Morgan fingerprint density at radius 3 is 2.38 bits per heavy atom. The fourth-order valence-electron chi connectivity index (χ4n) is 2.04. The van der Waals surface area contributed by atoms with Gasteiger partial charge in [0.1, 0.15) is 17.2 Å². The first-order valence-corrected chi connectivity index (χ1v) is 7.50. The average Bonchev–Trinajstić information content (AvgIpc) is 2.52. The van der Waals surface area contributed by atoms with Crippen molar-refractivity contribution in [2.75, 3.05) is 0 Å². The summed E-state index contributed by atoms with van der Waals surface area (Å²) in [5.74, 6) is 0.163. The summed E-state index contributed by atoms with van der Waals surface area (Å²) in [4.78, 5) is 12.1. The first kappa shape index (κ1) is 17.3. The highest BCUT2D eigenvalue weighted by Crippen LogP contribution is 2.23. The van der Waals surface area contributed by atoms with Crippen molar-refractivity contribution >= 4 is 11.6 Å². The van der Waals surface area contributed by atoms with E-state index in [-0.39, 0.29) is 23.5 Å². The van der Waals surface area contributed by atoms with Crippen LogP contribution in [-0.4, -0.2) is 27.9 Å². The molecular formula is C18H20N2O4. The zero-order chi connectivity index (χ0) is 17.7. The molecule has 3 N–H and O–H groups in total. The van der Waals surface area contributed by atoms with Crippen LogP contribution in [0.15, 0.2) is 47.6 Å². The number of aromatic hydroxyl groups is 2. The SMILES string of the molecule is C/C(=N\NC(=O)c1ccc(OC(C)C)cc1)c1ccc(O)cc1O. The fraction of sp³-hybridized carbons (Fsp3) is 0.222. The van der Waals surface area contributed by atoms with E-state index in [2.05, 4.69) is 10.5 Å². The van der Waals surface area contributed by atoms with Gasteiger partial charge in [-0.15, -0.1) is 0 Å². The third-order valence-electron chi connectivity index (χ3n) is 3.18. The van der Waals surface area contributed by atoms with Crippen LogP contribution in [0.3, 0.4) is 0 Å². The predicted octanol–water partition coefficient (Wildman–Crippen LogP) is 3.04. The van der Waals surface area contributed by atoms with Gasteiger partial charge >= 0.3 is 0 Å². The highest BCUT2D eigenvalue weighted by Gasteiger charge is 2.08. The Morgan fingerprint density at radius 2 is 1.79 bits per heavy atom. The lowest BCUT2D eigenvalue weighted by Crippen LogP contribution is -2.19. The van der Waals surface area contributed by atoms with Crippen LogP contribution in [-0.2, 0) is 0 Å². The largest absolute Gasteiger partial charge is 0.508 e. The van der Waals surface area contributed by atoms with E-state index in [1.165, 1.54) is 18.2 Å². The lowest BCUT2D eigenvalue weighted by atomic mass is 10.1. The molecule has 0 aliphatic carbocycles. The van der Waals surface area contributed by atoms with E-state index in [0.29, 0.717) is 22.6 Å². The maximum absolute atomic E-state index is 12.1.